The third-order valence-corrected chi connectivity index (χ3v) is 5.92. The molecule has 1 aliphatic heterocycles. The molecular formula is C17H14BrNO4S2. The number of ether oxygens (including phenoxy) is 2. The molecule has 0 radical (unpaired) electrons. The van der Waals surface area contributed by atoms with E-state index < -0.39 is 0 Å². The molecule has 0 aliphatic carbocycles. The lowest BCUT2D eigenvalue weighted by Gasteiger charge is -2.17. The van der Waals surface area contributed by atoms with Crippen LogP contribution in [0.4, 0.5) is 4.79 Å². The van der Waals surface area contributed by atoms with Gasteiger partial charge in [0.15, 0.2) is 0 Å². The molecule has 130 valence electrons. The van der Waals surface area contributed by atoms with Gasteiger partial charge in [-0.25, -0.2) is 0 Å². The first-order valence-corrected chi connectivity index (χ1v) is 9.71. The van der Waals surface area contributed by atoms with Crippen LogP contribution in [0.2, 0.25) is 0 Å². The van der Waals surface area contributed by atoms with Crippen molar-refractivity contribution < 1.29 is 19.1 Å². The topological polar surface area (TPSA) is 55.8 Å². The molecule has 1 aromatic carbocycles. The largest absolute Gasteiger partial charge is 0.496 e. The first-order chi connectivity index (χ1) is 12.0. The fraction of sp³-hybridized carbons (Fsp3) is 0.176. The van der Waals surface area contributed by atoms with Crippen molar-refractivity contribution in [3.05, 3.63) is 49.5 Å². The summed E-state index contributed by atoms with van der Waals surface area (Å²) in [6.07, 6.45) is 1.75. The van der Waals surface area contributed by atoms with Gasteiger partial charge in [-0.1, -0.05) is 6.07 Å². The maximum Gasteiger partial charge on any atom is 0.293 e. The Labute approximate surface area is 161 Å². The van der Waals surface area contributed by atoms with Crippen molar-refractivity contribution in [2.75, 3.05) is 14.2 Å². The van der Waals surface area contributed by atoms with Gasteiger partial charge in [-0.3, -0.25) is 14.5 Å². The first kappa shape index (κ1) is 18.0. The molecular weight excluding hydrogens is 426 g/mol. The number of halogens is 1. The van der Waals surface area contributed by atoms with Crippen LogP contribution in [0.25, 0.3) is 6.08 Å². The molecule has 2 amide bonds. The van der Waals surface area contributed by atoms with Crippen LogP contribution in [0.1, 0.15) is 10.4 Å². The maximum atomic E-state index is 12.6. The molecule has 1 fully saturated rings. The molecule has 5 nitrogen and oxygen atoms in total. The van der Waals surface area contributed by atoms with Crippen molar-refractivity contribution >= 4 is 56.3 Å². The van der Waals surface area contributed by atoms with Gasteiger partial charge in [-0.15, -0.1) is 11.3 Å². The number of rotatable bonds is 5. The summed E-state index contributed by atoms with van der Waals surface area (Å²) in [7, 11) is 3.10. The molecule has 1 aliphatic rings. The van der Waals surface area contributed by atoms with Crippen LogP contribution in [0.3, 0.4) is 0 Å². The van der Waals surface area contributed by atoms with E-state index in [9.17, 15) is 9.59 Å². The summed E-state index contributed by atoms with van der Waals surface area (Å²) < 4.78 is 11.4. The van der Waals surface area contributed by atoms with Gasteiger partial charge in [-0.2, -0.15) is 0 Å². The first-order valence-electron chi connectivity index (χ1n) is 7.22. The van der Waals surface area contributed by atoms with Gasteiger partial charge < -0.3 is 9.47 Å². The van der Waals surface area contributed by atoms with Crippen molar-refractivity contribution in [3.8, 4) is 11.5 Å². The monoisotopic (exact) mass is 439 g/mol. The minimum Gasteiger partial charge on any atom is -0.496 e. The second kappa shape index (κ2) is 7.63. The molecule has 8 heteroatoms. The predicted molar refractivity (Wildman–Crippen MR) is 103 cm³/mol. The van der Waals surface area contributed by atoms with E-state index in [1.54, 1.807) is 32.4 Å². The van der Waals surface area contributed by atoms with Gasteiger partial charge >= 0.3 is 0 Å². The van der Waals surface area contributed by atoms with Crippen molar-refractivity contribution in [2.45, 2.75) is 6.54 Å². The molecule has 1 saturated heterocycles. The second-order valence-electron chi connectivity index (χ2n) is 5.08. The van der Waals surface area contributed by atoms with E-state index in [1.807, 2.05) is 17.5 Å². The Balaban J connectivity index is 1.88. The summed E-state index contributed by atoms with van der Waals surface area (Å²) >= 11 is 5.86. The number of amides is 2. The fourth-order valence-electron chi connectivity index (χ4n) is 2.36. The SMILES string of the molecule is COc1cc(CN2C(=O)S/C(=C\c3cccs3)C2=O)c(OC)cc1Br. The number of hydrogen-bond donors (Lipinski definition) is 0. The summed E-state index contributed by atoms with van der Waals surface area (Å²) in [6.45, 7) is 0.124. The average molecular weight is 440 g/mol. The van der Waals surface area contributed by atoms with Crippen molar-refractivity contribution in [1.29, 1.82) is 0 Å². The third kappa shape index (κ3) is 3.75. The molecule has 0 unspecified atom stereocenters. The fourth-order valence-corrected chi connectivity index (χ4v) is 4.40. The molecule has 0 atom stereocenters. The Morgan fingerprint density at radius 3 is 2.60 bits per heavy atom. The van der Waals surface area contributed by atoms with Crippen LogP contribution in [-0.2, 0) is 11.3 Å². The zero-order valence-electron chi connectivity index (χ0n) is 13.4. The Morgan fingerprint density at radius 1 is 1.20 bits per heavy atom. The van der Waals surface area contributed by atoms with Crippen LogP contribution in [0.5, 0.6) is 11.5 Å². The lowest BCUT2D eigenvalue weighted by atomic mass is 10.1. The number of methoxy groups -OCH3 is 2. The highest BCUT2D eigenvalue weighted by Gasteiger charge is 2.35. The molecule has 2 aromatic rings. The minimum absolute atomic E-state index is 0.124. The van der Waals surface area contributed by atoms with E-state index >= 15 is 0 Å². The average Bonchev–Trinajstić information content (AvgIpc) is 3.20. The zero-order chi connectivity index (χ0) is 18.0. The summed E-state index contributed by atoms with van der Waals surface area (Å²) in [4.78, 5) is 27.5. The highest BCUT2D eigenvalue weighted by Crippen LogP contribution is 2.37. The number of hydrogen-bond acceptors (Lipinski definition) is 6. The Bertz CT molecular complexity index is 849. The molecule has 0 spiro atoms. The molecule has 1 aromatic heterocycles. The molecule has 25 heavy (non-hydrogen) atoms. The van der Waals surface area contributed by atoms with E-state index in [0.29, 0.717) is 22.0 Å². The summed E-state index contributed by atoms with van der Waals surface area (Å²) in [5.41, 5.74) is 0.697. The van der Waals surface area contributed by atoms with Gasteiger partial charge in [0.25, 0.3) is 11.1 Å². The molecule has 3 rings (SSSR count). The van der Waals surface area contributed by atoms with Crippen molar-refractivity contribution in [2.24, 2.45) is 0 Å². The van der Waals surface area contributed by atoms with Gasteiger partial charge in [-0.05, 0) is 57.3 Å². The van der Waals surface area contributed by atoms with Gasteiger partial charge in [0.2, 0.25) is 0 Å². The van der Waals surface area contributed by atoms with Crippen LogP contribution in [-0.4, -0.2) is 30.3 Å². The van der Waals surface area contributed by atoms with Crippen LogP contribution < -0.4 is 9.47 Å². The highest BCUT2D eigenvalue weighted by molar-refractivity contribution is 9.10. The lowest BCUT2D eigenvalue weighted by Crippen LogP contribution is -2.27. The van der Waals surface area contributed by atoms with Gasteiger partial charge in [0.05, 0.1) is 30.1 Å². The number of thiophene rings is 1. The summed E-state index contributed by atoms with van der Waals surface area (Å²) in [5.74, 6) is 0.887. The van der Waals surface area contributed by atoms with E-state index in [4.69, 9.17) is 9.47 Å². The number of carbonyl (C=O) groups excluding carboxylic acids is 2. The van der Waals surface area contributed by atoms with E-state index in [-0.39, 0.29) is 17.7 Å². The van der Waals surface area contributed by atoms with Crippen LogP contribution in [0.15, 0.2) is 39.0 Å². The van der Waals surface area contributed by atoms with Gasteiger partial charge in [0.1, 0.15) is 11.5 Å². The number of carbonyl (C=O) groups is 2. The Morgan fingerprint density at radius 2 is 1.96 bits per heavy atom. The lowest BCUT2D eigenvalue weighted by molar-refractivity contribution is -0.123. The molecule has 2 heterocycles. The second-order valence-corrected chi connectivity index (χ2v) is 7.91. The number of nitrogens with zero attached hydrogens (tertiary/aromatic N) is 1. The van der Waals surface area contributed by atoms with Crippen molar-refractivity contribution in [1.82, 2.24) is 4.90 Å². The molecule has 0 saturated carbocycles. The molecule has 0 bridgehead atoms. The van der Waals surface area contributed by atoms with E-state index in [2.05, 4.69) is 15.9 Å². The van der Waals surface area contributed by atoms with E-state index in [0.717, 1.165) is 21.1 Å². The number of benzene rings is 1. The highest BCUT2D eigenvalue weighted by atomic mass is 79.9. The van der Waals surface area contributed by atoms with Crippen molar-refractivity contribution in [3.63, 3.8) is 0 Å². The zero-order valence-corrected chi connectivity index (χ0v) is 16.7. The predicted octanol–water partition coefficient (Wildman–Crippen LogP) is 4.76. The summed E-state index contributed by atoms with van der Waals surface area (Å²) in [6, 6.07) is 7.32. The third-order valence-electron chi connectivity index (χ3n) is 3.57. The Kier molecular flexibility index (Phi) is 5.51. The standard InChI is InChI=1S/C17H14BrNO4S2/c1-22-13-8-12(18)14(23-2)6-10(13)9-19-16(20)15(25-17(19)21)7-11-4-3-5-24-11/h3-8H,9H2,1-2H3/b15-7-. The summed E-state index contributed by atoms with van der Waals surface area (Å²) in [5, 5.41) is 1.63. The minimum atomic E-state index is -0.299. The Hall–Kier alpha value is -1.77. The normalized spacial score (nSPS) is 16.0. The van der Waals surface area contributed by atoms with E-state index in [1.165, 1.54) is 16.2 Å². The maximum absolute atomic E-state index is 12.6. The van der Waals surface area contributed by atoms with Gasteiger partial charge in [0, 0.05) is 10.4 Å². The quantitative estimate of drug-likeness (QED) is 0.628. The van der Waals surface area contributed by atoms with Crippen LogP contribution in [0, 0.1) is 0 Å². The molecule has 0 N–H and O–H groups in total. The number of imide groups is 1. The number of thioether (sulfide) groups is 1. The van der Waals surface area contributed by atoms with Crippen LogP contribution >= 0.6 is 39.0 Å². The smallest absolute Gasteiger partial charge is 0.293 e.